The Hall–Kier alpha value is -3.90. The lowest BCUT2D eigenvalue weighted by atomic mass is 10.1. The summed E-state index contributed by atoms with van der Waals surface area (Å²) in [6.07, 6.45) is -0.859. The Kier molecular flexibility index (Phi) is 5.23. The molecule has 4 aromatic carbocycles. The third kappa shape index (κ3) is 3.58. The van der Waals surface area contributed by atoms with Gasteiger partial charge < -0.3 is 0 Å². The highest BCUT2D eigenvalue weighted by molar-refractivity contribution is 7.92. The van der Waals surface area contributed by atoms with E-state index in [2.05, 4.69) is 0 Å². The largest absolute Gasteiger partial charge is 0.280 e. The first-order chi connectivity index (χ1) is 16.0. The SMILES string of the molecule is Cc1ccc(S(=O)(=O)N2c3ccccc3N(C(=O)c3ccccc3)C2c2ccccc2)cc1. The molecule has 1 heterocycles. The number of hydrogen-bond acceptors (Lipinski definition) is 3. The van der Waals surface area contributed by atoms with Crippen LogP contribution in [0.25, 0.3) is 0 Å². The second-order valence-corrected chi connectivity index (χ2v) is 9.74. The molecule has 1 atom stereocenters. The predicted octanol–water partition coefficient (Wildman–Crippen LogP) is 5.55. The van der Waals surface area contributed by atoms with Gasteiger partial charge in [-0.2, -0.15) is 0 Å². The summed E-state index contributed by atoms with van der Waals surface area (Å²) in [4.78, 5) is 15.5. The molecule has 1 unspecified atom stereocenters. The normalized spacial score (nSPS) is 15.4. The summed E-state index contributed by atoms with van der Waals surface area (Å²) < 4.78 is 29.3. The summed E-state index contributed by atoms with van der Waals surface area (Å²) in [5.41, 5.74) is 3.18. The highest BCUT2D eigenvalue weighted by Gasteiger charge is 2.46. The van der Waals surface area contributed by atoms with Gasteiger partial charge in [-0.3, -0.25) is 9.69 Å². The Morgan fingerprint density at radius 3 is 1.88 bits per heavy atom. The summed E-state index contributed by atoms with van der Waals surface area (Å²) >= 11 is 0. The van der Waals surface area contributed by atoms with Crippen molar-refractivity contribution in [1.29, 1.82) is 0 Å². The fourth-order valence-electron chi connectivity index (χ4n) is 4.16. The van der Waals surface area contributed by atoms with Crippen LogP contribution in [0.5, 0.6) is 0 Å². The quantitative estimate of drug-likeness (QED) is 0.406. The van der Waals surface area contributed by atoms with Crippen LogP contribution in [0.1, 0.15) is 27.7 Å². The van der Waals surface area contributed by atoms with Crippen molar-refractivity contribution in [3.05, 3.63) is 126 Å². The first-order valence-corrected chi connectivity index (χ1v) is 12.1. The molecule has 6 heteroatoms. The molecule has 5 rings (SSSR count). The minimum absolute atomic E-state index is 0.179. The van der Waals surface area contributed by atoms with Gasteiger partial charge in [0.2, 0.25) is 0 Å². The molecule has 0 fully saturated rings. The van der Waals surface area contributed by atoms with Crippen LogP contribution in [-0.4, -0.2) is 14.3 Å². The van der Waals surface area contributed by atoms with Gasteiger partial charge in [0.05, 0.1) is 16.3 Å². The average Bonchev–Trinajstić information content (AvgIpc) is 3.21. The fourth-order valence-corrected chi connectivity index (χ4v) is 5.76. The third-order valence-electron chi connectivity index (χ3n) is 5.76. The Morgan fingerprint density at radius 1 is 0.697 bits per heavy atom. The summed E-state index contributed by atoms with van der Waals surface area (Å²) in [7, 11) is -3.98. The van der Waals surface area contributed by atoms with E-state index in [4.69, 9.17) is 0 Å². The highest BCUT2D eigenvalue weighted by atomic mass is 32.2. The van der Waals surface area contributed by atoms with Gasteiger partial charge in [0.1, 0.15) is 0 Å². The lowest BCUT2D eigenvalue weighted by molar-refractivity contribution is 0.0980. The minimum Gasteiger partial charge on any atom is -0.280 e. The zero-order valence-electron chi connectivity index (χ0n) is 18.0. The monoisotopic (exact) mass is 454 g/mol. The average molecular weight is 455 g/mol. The summed E-state index contributed by atoms with van der Waals surface area (Å²) in [6.45, 7) is 1.91. The van der Waals surface area contributed by atoms with E-state index in [0.29, 0.717) is 22.5 Å². The van der Waals surface area contributed by atoms with Crippen LogP contribution in [-0.2, 0) is 10.0 Å². The van der Waals surface area contributed by atoms with E-state index < -0.39 is 16.2 Å². The highest BCUT2D eigenvalue weighted by Crippen LogP contribution is 2.49. The van der Waals surface area contributed by atoms with Crippen molar-refractivity contribution in [2.24, 2.45) is 0 Å². The maximum absolute atomic E-state index is 14.0. The zero-order valence-corrected chi connectivity index (χ0v) is 18.8. The van der Waals surface area contributed by atoms with E-state index in [9.17, 15) is 13.2 Å². The number of aryl methyl sites for hydroxylation is 1. The first kappa shape index (κ1) is 21.0. The number of anilines is 2. The summed E-state index contributed by atoms with van der Waals surface area (Å²) in [6, 6.07) is 32.1. The number of carbonyl (C=O) groups is 1. The fraction of sp³-hybridized carbons (Fsp3) is 0.0741. The summed E-state index contributed by atoms with van der Waals surface area (Å²) in [5, 5.41) is 0. The molecule has 0 saturated heterocycles. The van der Waals surface area contributed by atoms with E-state index in [-0.39, 0.29) is 10.8 Å². The van der Waals surface area contributed by atoms with Crippen LogP contribution in [0.4, 0.5) is 11.4 Å². The van der Waals surface area contributed by atoms with Gasteiger partial charge in [0.15, 0.2) is 6.17 Å². The lowest BCUT2D eigenvalue weighted by Gasteiger charge is -2.31. The molecule has 164 valence electrons. The number of sulfonamides is 1. The molecular formula is C27H22N2O3S. The number of amides is 1. The molecule has 33 heavy (non-hydrogen) atoms. The van der Waals surface area contributed by atoms with Crippen LogP contribution < -0.4 is 9.21 Å². The molecule has 1 aliphatic heterocycles. The molecule has 4 aromatic rings. The number of benzene rings is 4. The maximum Gasteiger partial charge on any atom is 0.266 e. The van der Waals surface area contributed by atoms with Crippen LogP contribution in [0, 0.1) is 6.92 Å². The number of hydrogen-bond donors (Lipinski definition) is 0. The van der Waals surface area contributed by atoms with Crippen molar-refractivity contribution in [3.8, 4) is 0 Å². The van der Waals surface area contributed by atoms with Crippen LogP contribution in [0.3, 0.4) is 0 Å². The molecule has 0 radical (unpaired) electrons. The van der Waals surface area contributed by atoms with Crippen molar-refractivity contribution in [3.63, 3.8) is 0 Å². The Labute approximate surface area is 193 Å². The molecule has 1 aliphatic rings. The number of rotatable bonds is 4. The second-order valence-electron chi connectivity index (χ2n) is 7.93. The van der Waals surface area contributed by atoms with Crippen molar-refractivity contribution in [2.75, 3.05) is 9.21 Å². The van der Waals surface area contributed by atoms with Gasteiger partial charge in [-0.1, -0.05) is 78.4 Å². The molecule has 0 bridgehead atoms. The van der Waals surface area contributed by atoms with Crippen molar-refractivity contribution in [1.82, 2.24) is 0 Å². The molecule has 0 aliphatic carbocycles. The molecule has 0 saturated carbocycles. The Bertz CT molecular complexity index is 1400. The van der Waals surface area contributed by atoms with E-state index in [1.54, 1.807) is 71.6 Å². The van der Waals surface area contributed by atoms with Gasteiger partial charge >= 0.3 is 0 Å². The minimum atomic E-state index is -3.98. The van der Waals surface area contributed by atoms with Crippen LogP contribution in [0.2, 0.25) is 0 Å². The predicted molar refractivity (Wildman–Crippen MR) is 130 cm³/mol. The maximum atomic E-state index is 14.0. The molecule has 0 N–H and O–H groups in total. The summed E-state index contributed by atoms with van der Waals surface area (Å²) in [5.74, 6) is -0.265. The van der Waals surface area contributed by atoms with Crippen molar-refractivity contribution >= 4 is 27.3 Å². The van der Waals surface area contributed by atoms with E-state index >= 15 is 0 Å². The van der Waals surface area contributed by atoms with Gasteiger partial charge in [-0.25, -0.2) is 12.7 Å². The molecule has 1 amide bonds. The molecule has 5 nitrogen and oxygen atoms in total. The van der Waals surface area contributed by atoms with Gasteiger partial charge in [0.25, 0.3) is 15.9 Å². The first-order valence-electron chi connectivity index (χ1n) is 10.6. The van der Waals surface area contributed by atoms with E-state index in [1.165, 1.54) is 4.31 Å². The van der Waals surface area contributed by atoms with E-state index in [1.807, 2.05) is 49.4 Å². The van der Waals surface area contributed by atoms with Crippen molar-refractivity contribution in [2.45, 2.75) is 18.0 Å². The Morgan fingerprint density at radius 2 is 1.24 bits per heavy atom. The zero-order chi connectivity index (χ0) is 23.0. The van der Waals surface area contributed by atoms with Crippen LogP contribution >= 0.6 is 0 Å². The third-order valence-corrected chi connectivity index (χ3v) is 7.54. The number of nitrogens with zero attached hydrogens (tertiary/aromatic N) is 2. The molecular weight excluding hydrogens is 432 g/mol. The lowest BCUT2D eigenvalue weighted by Crippen LogP contribution is -2.42. The Balaban J connectivity index is 1.74. The van der Waals surface area contributed by atoms with Gasteiger partial charge in [0, 0.05) is 5.56 Å². The number of carbonyl (C=O) groups excluding carboxylic acids is 1. The van der Waals surface area contributed by atoms with E-state index in [0.717, 1.165) is 5.56 Å². The van der Waals surface area contributed by atoms with Crippen LogP contribution in [0.15, 0.2) is 114 Å². The second kappa shape index (κ2) is 8.22. The van der Waals surface area contributed by atoms with Gasteiger partial charge in [-0.15, -0.1) is 0 Å². The topological polar surface area (TPSA) is 57.7 Å². The number of para-hydroxylation sites is 2. The molecule has 0 aromatic heterocycles. The van der Waals surface area contributed by atoms with Crippen molar-refractivity contribution < 1.29 is 13.2 Å². The standard InChI is InChI=1S/C27H22N2O3S/c1-20-16-18-23(19-17-20)33(31,32)29-25-15-9-8-14-24(25)28(26(29)21-10-4-2-5-11-21)27(30)22-12-6-3-7-13-22/h2-19,26H,1H3. The smallest absolute Gasteiger partial charge is 0.266 e. The van der Waals surface area contributed by atoms with Gasteiger partial charge in [-0.05, 0) is 48.9 Å². The molecule has 0 spiro atoms. The number of fused-ring (bicyclic) bond motifs is 1.